The number of allylic oxidation sites excluding steroid dienone is 4. The number of rotatable bonds is 48. The lowest BCUT2D eigenvalue weighted by molar-refractivity contribution is -0.161. The van der Waals surface area contributed by atoms with Crippen LogP contribution in [0, 0.1) is 0 Å². The van der Waals surface area contributed by atoms with Crippen molar-refractivity contribution in [1.82, 2.24) is 0 Å². The summed E-state index contributed by atoms with van der Waals surface area (Å²) in [5, 5.41) is 18.4. The fourth-order valence-electron chi connectivity index (χ4n) is 7.16. The maximum atomic E-state index is 12.7. The van der Waals surface area contributed by atoms with Gasteiger partial charge in [-0.3, -0.25) is 18.6 Å². The third-order valence-corrected chi connectivity index (χ3v) is 12.0. The summed E-state index contributed by atoms with van der Waals surface area (Å²) in [5.74, 6) is -0.920. The fraction of sp³-hybridized carbons (Fsp3) is 0.880. The van der Waals surface area contributed by atoms with E-state index in [1.54, 1.807) is 0 Å². The van der Waals surface area contributed by atoms with Gasteiger partial charge in [-0.1, -0.05) is 192 Å². The zero-order valence-corrected chi connectivity index (χ0v) is 40.3. The van der Waals surface area contributed by atoms with E-state index in [-0.39, 0.29) is 19.4 Å². The smallest absolute Gasteiger partial charge is 0.462 e. The van der Waals surface area contributed by atoms with Crippen LogP contribution in [0.25, 0.3) is 0 Å². The van der Waals surface area contributed by atoms with E-state index in [2.05, 4.69) is 38.2 Å². The summed E-state index contributed by atoms with van der Waals surface area (Å²) in [7, 11) is -4.62. The molecule has 10 nitrogen and oxygen atoms in total. The molecule has 0 saturated carbocycles. The van der Waals surface area contributed by atoms with Crippen molar-refractivity contribution >= 4 is 19.8 Å². The molecular weight excluding hydrogens is 792 g/mol. The molecule has 0 aliphatic rings. The van der Waals surface area contributed by atoms with Crippen LogP contribution >= 0.6 is 7.82 Å². The van der Waals surface area contributed by atoms with Crippen molar-refractivity contribution in [3.05, 3.63) is 24.3 Å². The summed E-state index contributed by atoms with van der Waals surface area (Å²) in [5.41, 5.74) is 0. The molecular formula is C50H95O10P. The highest BCUT2D eigenvalue weighted by molar-refractivity contribution is 7.47. The van der Waals surface area contributed by atoms with Crippen LogP contribution in [0.5, 0.6) is 0 Å². The zero-order chi connectivity index (χ0) is 44.8. The molecule has 0 aliphatic carbocycles. The molecule has 0 amide bonds. The number of esters is 2. The number of hydrogen-bond donors (Lipinski definition) is 3. The number of unbranched alkanes of at least 4 members (excludes halogenated alkanes) is 30. The number of carbonyl (C=O) groups is 2. The second-order valence-electron chi connectivity index (χ2n) is 17.2. The van der Waals surface area contributed by atoms with Gasteiger partial charge in [0, 0.05) is 12.8 Å². The van der Waals surface area contributed by atoms with Gasteiger partial charge in [-0.25, -0.2) is 4.57 Å². The molecule has 360 valence electrons. The number of phosphoric acid groups is 1. The molecule has 0 heterocycles. The van der Waals surface area contributed by atoms with E-state index in [0.29, 0.717) is 12.8 Å². The van der Waals surface area contributed by atoms with E-state index in [4.69, 9.17) is 23.6 Å². The van der Waals surface area contributed by atoms with Crippen molar-refractivity contribution in [2.75, 3.05) is 26.4 Å². The van der Waals surface area contributed by atoms with Gasteiger partial charge in [0.15, 0.2) is 6.10 Å². The van der Waals surface area contributed by atoms with Crippen molar-refractivity contribution in [3.8, 4) is 0 Å². The van der Waals surface area contributed by atoms with Crippen LogP contribution in [0.15, 0.2) is 24.3 Å². The summed E-state index contributed by atoms with van der Waals surface area (Å²) in [6.07, 6.45) is 48.6. The minimum absolute atomic E-state index is 0.182. The summed E-state index contributed by atoms with van der Waals surface area (Å²) >= 11 is 0. The van der Waals surface area contributed by atoms with Gasteiger partial charge >= 0.3 is 19.8 Å². The number of hydrogen-bond acceptors (Lipinski definition) is 9. The Labute approximate surface area is 374 Å². The SMILES string of the molecule is CCCCCCCC/C=C/CCCCCCCCCCCCCC(=O)OC[C@H](COP(=O)(O)OC[C@@H](O)CO)OC(=O)CCCCCCCCC/C=C/CCCCCCCC. The first-order valence-electron chi connectivity index (χ1n) is 25.3. The Morgan fingerprint density at radius 3 is 1.18 bits per heavy atom. The highest BCUT2D eigenvalue weighted by atomic mass is 31.2. The largest absolute Gasteiger partial charge is 0.472 e. The number of phosphoric ester groups is 1. The monoisotopic (exact) mass is 887 g/mol. The van der Waals surface area contributed by atoms with E-state index in [1.165, 1.54) is 161 Å². The lowest BCUT2D eigenvalue weighted by Crippen LogP contribution is -2.29. The third-order valence-electron chi connectivity index (χ3n) is 11.1. The molecule has 0 aromatic rings. The molecule has 11 heteroatoms. The van der Waals surface area contributed by atoms with Crippen molar-refractivity contribution in [2.24, 2.45) is 0 Å². The summed E-state index contributed by atoms with van der Waals surface area (Å²) in [6, 6.07) is 0. The molecule has 0 saturated heterocycles. The van der Waals surface area contributed by atoms with Crippen LogP contribution in [0.1, 0.15) is 245 Å². The highest BCUT2D eigenvalue weighted by Crippen LogP contribution is 2.43. The van der Waals surface area contributed by atoms with Gasteiger partial charge < -0.3 is 24.6 Å². The van der Waals surface area contributed by atoms with Crippen LogP contribution in [0.2, 0.25) is 0 Å². The Hall–Kier alpha value is -1.55. The minimum Gasteiger partial charge on any atom is -0.462 e. The molecule has 1 unspecified atom stereocenters. The predicted molar refractivity (Wildman–Crippen MR) is 252 cm³/mol. The molecule has 0 fully saturated rings. The van der Waals surface area contributed by atoms with Gasteiger partial charge in [-0.2, -0.15) is 0 Å². The molecule has 61 heavy (non-hydrogen) atoms. The number of carbonyl (C=O) groups excluding carboxylic acids is 2. The first kappa shape index (κ1) is 59.5. The van der Waals surface area contributed by atoms with E-state index >= 15 is 0 Å². The molecule has 0 aromatic heterocycles. The molecule has 0 aromatic carbocycles. The molecule has 3 atom stereocenters. The van der Waals surface area contributed by atoms with E-state index in [0.717, 1.165) is 44.9 Å². The summed E-state index contributed by atoms with van der Waals surface area (Å²) < 4.78 is 32.9. The second-order valence-corrected chi connectivity index (χ2v) is 18.6. The Morgan fingerprint density at radius 1 is 0.475 bits per heavy atom. The van der Waals surface area contributed by atoms with Gasteiger partial charge in [-0.05, 0) is 64.2 Å². The summed E-state index contributed by atoms with van der Waals surface area (Å²) in [4.78, 5) is 35.1. The van der Waals surface area contributed by atoms with E-state index < -0.39 is 51.8 Å². The minimum atomic E-state index is -4.62. The Bertz CT molecular complexity index is 1070. The molecule has 0 aliphatic heterocycles. The first-order valence-corrected chi connectivity index (χ1v) is 26.8. The van der Waals surface area contributed by atoms with Gasteiger partial charge in [0.25, 0.3) is 0 Å². The van der Waals surface area contributed by atoms with Crippen molar-refractivity contribution in [1.29, 1.82) is 0 Å². The quantitative estimate of drug-likeness (QED) is 0.0233. The summed E-state index contributed by atoms with van der Waals surface area (Å²) in [6.45, 7) is 2.41. The molecule has 0 rings (SSSR count). The topological polar surface area (TPSA) is 149 Å². The number of ether oxygens (including phenoxy) is 2. The Balaban J connectivity index is 4.16. The number of aliphatic hydroxyl groups excluding tert-OH is 2. The van der Waals surface area contributed by atoms with Crippen LogP contribution in [-0.2, 0) is 32.7 Å². The Morgan fingerprint density at radius 2 is 0.803 bits per heavy atom. The van der Waals surface area contributed by atoms with Crippen LogP contribution in [-0.4, -0.2) is 65.7 Å². The maximum Gasteiger partial charge on any atom is 0.472 e. The van der Waals surface area contributed by atoms with Crippen LogP contribution in [0.3, 0.4) is 0 Å². The first-order chi connectivity index (χ1) is 29.7. The number of aliphatic hydroxyl groups is 2. The molecule has 0 bridgehead atoms. The average molecular weight is 887 g/mol. The third kappa shape index (κ3) is 46.3. The predicted octanol–water partition coefficient (Wildman–Crippen LogP) is 14.1. The lowest BCUT2D eigenvalue weighted by atomic mass is 10.0. The van der Waals surface area contributed by atoms with Crippen molar-refractivity contribution in [2.45, 2.75) is 257 Å². The molecule has 0 spiro atoms. The lowest BCUT2D eigenvalue weighted by Gasteiger charge is -2.20. The van der Waals surface area contributed by atoms with Gasteiger partial charge in [-0.15, -0.1) is 0 Å². The highest BCUT2D eigenvalue weighted by Gasteiger charge is 2.27. The van der Waals surface area contributed by atoms with Gasteiger partial charge in [0.1, 0.15) is 12.7 Å². The van der Waals surface area contributed by atoms with Crippen molar-refractivity contribution in [3.63, 3.8) is 0 Å². The molecule has 0 radical (unpaired) electrons. The van der Waals surface area contributed by atoms with Crippen LogP contribution in [0.4, 0.5) is 0 Å². The van der Waals surface area contributed by atoms with Crippen LogP contribution < -0.4 is 0 Å². The van der Waals surface area contributed by atoms with Gasteiger partial charge in [0.2, 0.25) is 0 Å². The normalized spacial score (nSPS) is 13.9. The average Bonchev–Trinajstić information content (AvgIpc) is 3.25. The fourth-order valence-corrected chi connectivity index (χ4v) is 7.95. The van der Waals surface area contributed by atoms with Gasteiger partial charge in [0.05, 0.1) is 19.8 Å². The molecule has 3 N–H and O–H groups in total. The maximum absolute atomic E-state index is 12.7. The van der Waals surface area contributed by atoms with Crippen molar-refractivity contribution < 1.29 is 47.8 Å². The van der Waals surface area contributed by atoms with E-state index in [1.807, 2.05) is 0 Å². The second kappa shape index (κ2) is 46.4. The zero-order valence-electron chi connectivity index (χ0n) is 39.4. The standard InChI is InChI=1S/C50H95O10P/c1-3-5-7-9-11-13-15-17-19-21-22-23-24-26-27-29-31-33-35-37-39-41-49(53)57-45-48(46-59-61(55,56)58-44-47(52)43-51)60-50(54)42-40-38-36-34-32-30-28-25-20-18-16-14-12-10-8-6-4-2/h17-20,47-48,51-52H,3-16,21-46H2,1-2H3,(H,55,56)/b19-17+,20-18+/t47-,48+/m0/s1. The Kier molecular flexibility index (Phi) is 45.3. The van der Waals surface area contributed by atoms with E-state index in [9.17, 15) is 24.2 Å².